The standard InChI is InChI=1S/C20H21N7O2/c1-14-12-18(26-20(23-14)27-8-10-29-11-9-27)24-15-2-4-16(5-3-15)25-19(28)17-13-21-6-7-22-17/h2-7,12-13H,8-11H2,1H3,(H,25,28)(H,23,24,26). The maximum Gasteiger partial charge on any atom is 0.275 e. The van der Waals surface area contributed by atoms with Gasteiger partial charge in [0.15, 0.2) is 0 Å². The van der Waals surface area contributed by atoms with Crippen molar-refractivity contribution in [3.8, 4) is 0 Å². The van der Waals surface area contributed by atoms with Gasteiger partial charge in [-0.2, -0.15) is 4.98 Å². The van der Waals surface area contributed by atoms with Gasteiger partial charge in [-0.1, -0.05) is 0 Å². The van der Waals surface area contributed by atoms with E-state index in [1.54, 1.807) is 0 Å². The molecule has 29 heavy (non-hydrogen) atoms. The molecule has 0 atom stereocenters. The van der Waals surface area contributed by atoms with Crippen LogP contribution >= 0.6 is 0 Å². The summed E-state index contributed by atoms with van der Waals surface area (Å²) in [6.07, 6.45) is 4.43. The predicted octanol–water partition coefficient (Wildman–Crippen LogP) is 2.41. The second kappa shape index (κ2) is 8.61. The number of carbonyl (C=O) groups excluding carboxylic acids is 1. The Bertz CT molecular complexity index is 974. The van der Waals surface area contributed by atoms with Crippen LogP contribution in [0.25, 0.3) is 0 Å². The van der Waals surface area contributed by atoms with Crippen molar-refractivity contribution in [2.45, 2.75) is 6.92 Å². The molecule has 0 aliphatic carbocycles. The molecule has 0 spiro atoms. The lowest BCUT2D eigenvalue weighted by molar-refractivity contribution is 0.102. The normalized spacial score (nSPS) is 13.8. The van der Waals surface area contributed by atoms with Crippen LogP contribution in [0.15, 0.2) is 48.9 Å². The van der Waals surface area contributed by atoms with Gasteiger partial charge in [-0.3, -0.25) is 9.78 Å². The van der Waals surface area contributed by atoms with Crippen molar-refractivity contribution >= 4 is 29.0 Å². The molecule has 9 heteroatoms. The monoisotopic (exact) mass is 391 g/mol. The summed E-state index contributed by atoms with van der Waals surface area (Å²) in [5.41, 5.74) is 2.67. The first kappa shape index (κ1) is 18.8. The van der Waals surface area contributed by atoms with Crippen LogP contribution < -0.4 is 15.5 Å². The number of hydrogen-bond donors (Lipinski definition) is 2. The Labute approximate surface area is 168 Å². The average Bonchev–Trinajstić information content (AvgIpc) is 2.76. The van der Waals surface area contributed by atoms with Gasteiger partial charge in [0.2, 0.25) is 5.95 Å². The summed E-state index contributed by atoms with van der Waals surface area (Å²) >= 11 is 0. The molecule has 3 heterocycles. The molecular weight excluding hydrogens is 370 g/mol. The van der Waals surface area contributed by atoms with E-state index in [0.717, 1.165) is 30.3 Å². The van der Waals surface area contributed by atoms with Crippen molar-refractivity contribution in [3.63, 3.8) is 0 Å². The summed E-state index contributed by atoms with van der Waals surface area (Å²) in [4.78, 5) is 31.3. The number of amides is 1. The molecule has 2 aromatic heterocycles. The third-order valence-corrected chi connectivity index (χ3v) is 4.35. The molecule has 2 N–H and O–H groups in total. The molecule has 0 saturated carbocycles. The van der Waals surface area contributed by atoms with E-state index in [0.29, 0.717) is 24.8 Å². The molecule has 1 aliphatic heterocycles. The first-order chi connectivity index (χ1) is 14.2. The summed E-state index contributed by atoms with van der Waals surface area (Å²) < 4.78 is 5.39. The van der Waals surface area contributed by atoms with Crippen molar-refractivity contribution in [2.24, 2.45) is 0 Å². The van der Waals surface area contributed by atoms with Crippen molar-refractivity contribution in [1.82, 2.24) is 19.9 Å². The summed E-state index contributed by atoms with van der Waals surface area (Å²) in [6.45, 7) is 4.87. The molecule has 0 unspecified atom stereocenters. The Morgan fingerprint density at radius 2 is 1.83 bits per heavy atom. The molecule has 0 radical (unpaired) electrons. The highest BCUT2D eigenvalue weighted by molar-refractivity contribution is 6.02. The fourth-order valence-corrected chi connectivity index (χ4v) is 2.92. The van der Waals surface area contributed by atoms with Gasteiger partial charge in [-0.05, 0) is 31.2 Å². The van der Waals surface area contributed by atoms with Crippen LogP contribution in [0.3, 0.4) is 0 Å². The summed E-state index contributed by atoms with van der Waals surface area (Å²) in [7, 11) is 0. The Kier molecular flexibility index (Phi) is 5.57. The largest absolute Gasteiger partial charge is 0.378 e. The van der Waals surface area contributed by atoms with Gasteiger partial charge in [-0.15, -0.1) is 0 Å². The molecular formula is C20H21N7O2. The Morgan fingerprint density at radius 3 is 2.55 bits per heavy atom. The second-order valence-electron chi connectivity index (χ2n) is 6.54. The Balaban J connectivity index is 1.43. The van der Waals surface area contributed by atoms with Crippen LogP contribution in [0, 0.1) is 6.92 Å². The molecule has 1 saturated heterocycles. The average molecular weight is 391 g/mol. The van der Waals surface area contributed by atoms with Gasteiger partial charge in [0.25, 0.3) is 5.91 Å². The van der Waals surface area contributed by atoms with E-state index in [2.05, 4.69) is 35.5 Å². The molecule has 148 valence electrons. The van der Waals surface area contributed by atoms with Gasteiger partial charge >= 0.3 is 0 Å². The van der Waals surface area contributed by atoms with E-state index < -0.39 is 0 Å². The third-order valence-electron chi connectivity index (χ3n) is 4.35. The molecule has 1 fully saturated rings. The van der Waals surface area contributed by atoms with E-state index >= 15 is 0 Å². The van der Waals surface area contributed by atoms with Crippen LogP contribution in [0.5, 0.6) is 0 Å². The lowest BCUT2D eigenvalue weighted by Gasteiger charge is -2.27. The molecule has 9 nitrogen and oxygen atoms in total. The quantitative estimate of drug-likeness (QED) is 0.683. The number of nitrogens with one attached hydrogen (secondary N) is 2. The van der Waals surface area contributed by atoms with Gasteiger partial charge in [0, 0.05) is 48.6 Å². The van der Waals surface area contributed by atoms with Crippen LogP contribution in [-0.2, 0) is 4.74 Å². The minimum absolute atomic E-state index is 0.266. The molecule has 3 aromatic rings. The van der Waals surface area contributed by atoms with Crippen molar-refractivity contribution in [2.75, 3.05) is 41.8 Å². The Hall–Kier alpha value is -3.59. The number of benzene rings is 1. The number of aromatic nitrogens is 4. The third kappa shape index (κ3) is 4.82. The lowest BCUT2D eigenvalue weighted by Crippen LogP contribution is -2.37. The van der Waals surface area contributed by atoms with Crippen LogP contribution in [0.4, 0.5) is 23.1 Å². The first-order valence-corrected chi connectivity index (χ1v) is 9.30. The van der Waals surface area contributed by atoms with E-state index in [1.165, 1.54) is 18.6 Å². The summed E-state index contributed by atoms with van der Waals surface area (Å²) in [6, 6.07) is 9.27. The zero-order valence-corrected chi connectivity index (χ0v) is 16.0. The summed E-state index contributed by atoms with van der Waals surface area (Å²) in [5, 5.41) is 6.09. The van der Waals surface area contributed by atoms with Crippen LogP contribution in [0.1, 0.15) is 16.2 Å². The van der Waals surface area contributed by atoms with Gasteiger partial charge in [0.05, 0.1) is 19.4 Å². The number of nitrogens with zero attached hydrogens (tertiary/aromatic N) is 5. The maximum atomic E-state index is 12.2. The van der Waals surface area contributed by atoms with Gasteiger partial charge in [-0.25, -0.2) is 9.97 Å². The number of hydrogen-bond acceptors (Lipinski definition) is 8. The zero-order valence-electron chi connectivity index (χ0n) is 16.0. The van der Waals surface area contributed by atoms with Crippen LogP contribution in [0.2, 0.25) is 0 Å². The summed E-state index contributed by atoms with van der Waals surface area (Å²) in [5.74, 6) is 1.11. The zero-order chi connectivity index (χ0) is 20.1. The smallest absolute Gasteiger partial charge is 0.275 e. The van der Waals surface area contributed by atoms with Gasteiger partial charge < -0.3 is 20.3 Å². The predicted molar refractivity (Wildman–Crippen MR) is 110 cm³/mol. The second-order valence-corrected chi connectivity index (χ2v) is 6.54. The van der Waals surface area contributed by atoms with E-state index in [1.807, 2.05) is 37.3 Å². The fourth-order valence-electron chi connectivity index (χ4n) is 2.92. The van der Waals surface area contributed by atoms with Crippen molar-refractivity contribution in [3.05, 3.63) is 60.3 Å². The van der Waals surface area contributed by atoms with Crippen molar-refractivity contribution in [1.29, 1.82) is 0 Å². The number of ether oxygens (including phenoxy) is 1. The number of carbonyl (C=O) groups is 1. The Morgan fingerprint density at radius 1 is 1.07 bits per heavy atom. The van der Waals surface area contributed by atoms with E-state index in [-0.39, 0.29) is 11.6 Å². The molecule has 1 aromatic carbocycles. The molecule has 4 rings (SSSR count). The molecule has 1 amide bonds. The highest BCUT2D eigenvalue weighted by Crippen LogP contribution is 2.21. The van der Waals surface area contributed by atoms with E-state index in [4.69, 9.17) is 4.74 Å². The fraction of sp³-hybridized carbons (Fsp3) is 0.250. The highest BCUT2D eigenvalue weighted by atomic mass is 16.5. The molecule has 1 aliphatic rings. The van der Waals surface area contributed by atoms with Crippen LogP contribution in [-0.4, -0.2) is 52.1 Å². The topological polar surface area (TPSA) is 105 Å². The number of rotatable bonds is 5. The maximum absolute atomic E-state index is 12.2. The van der Waals surface area contributed by atoms with Crippen molar-refractivity contribution < 1.29 is 9.53 Å². The molecule has 0 bridgehead atoms. The minimum Gasteiger partial charge on any atom is -0.378 e. The first-order valence-electron chi connectivity index (χ1n) is 9.30. The number of aryl methyl sites for hydroxylation is 1. The van der Waals surface area contributed by atoms with Gasteiger partial charge in [0.1, 0.15) is 11.5 Å². The van der Waals surface area contributed by atoms with E-state index in [9.17, 15) is 4.79 Å². The highest BCUT2D eigenvalue weighted by Gasteiger charge is 2.15. The lowest BCUT2D eigenvalue weighted by atomic mass is 10.2. The number of morpholine rings is 1. The SMILES string of the molecule is Cc1cc(Nc2ccc(NC(=O)c3cnccn3)cc2)nc(N2CCOCC2)n1. The minimum atomic E-state index is -0.305. The number of anilines is 4.